The molecule has 0 aromatic carbocycles. The highest BCUT2D eigenvalue weighted by molar-refractivity contribution is 7.90. The molecule has 2 rings (SSSR count). The highest BCUT2D eigenvalue weighted by Gasteiger charge is 2.38. The molecule has 130 valence electrons. The third kappa shape index (κ3) is 4.69. The van der Waals surface area contributed by atoms with Crippen molar-refractivity contribution in [1.82, 2.24) is 15.1 Å². The standard InChI is InChI=1S/C13H18F3N3O3S/c1-3-8(7-23(2,21)22)17-12(20)10-6-11(13(14,15)16)18-19(10)9-4-5-9/h6,8-9H,3-5,7H2,1-2H3,(H,17,20). The fourth-order valence-corrected chi connectivity index (χ4v) is 3.24. The Balaban J connectivity index is 2.22. The average molecular weight is 353 g/mol. The number of sulfone groups is 1. The molecule has 10 heteroatoms. The number of hydrogen-bond donors (Lipinski definition) is 1. The molecule has 0 saturated heterocycles. The van der Waals surface area contributed by atoms with Crippen LogP contribution in [0.2, 0.25) is 0 Å². The lowest BCUT2D eigenvalue weighted by molar-refractivity contribution is -0.141. The van der Waals surface area contributed by atoms with Crippen LogP contribution in [-0.2, 0) is 16.0 Å². The van der Waals surface area contributed by atoms with Gasteiger partial charge in [0.05, 0.1) is 11.8 Å². The topological polar surface area (TPSA) is 81.1 Å². The van der Waals surface area contributed by atoms with E-state index >= 15 is 0 Å². The number of carbonyl (C=O) groups is 1. The Morgan fingerprint density at radius 1 is 1.48 bits per heavy atom. The van der Waals surface area contributed by atoms with E-state index in [-0.39, 0.29) is 17.5 Å². The van der Waals surface area contributed by atoms with Crippen LogP contribution in [0.1, 0.15) is 48.4 Å². The molecule has 1 atom stereocenters. The van der Waals surface area contributed by atoms with Crippen LogP contribution < -0.4 is 5.32 Å². The van der Waals surface area contributed by atoms with Crippen molar-refractivity contribution < 1.29 is 26.4 Å². The molecule has 1 aliphatic rings. The minimum Gasteiger partial charge on any atom is -0.347 e. The van der Waals surface area contributed by atoms with E-state index in [0.29, 0.717) is 25.3 Å². The molecule has 6 nitrogen and oxygen atoms in total. The molecule has 0 spiro atoms. The fraction of sp³-hybridized carbons (Fsp3) is 0.692. The molecule has 0 radical (unpaired) electrons. The fourth-order valence-electron chi connectivity index (χ4n) is 2.19. The van der Waals surface area contributed by atoms with E-state index in [1.807, 2.05) is 0 Å². The van der Waals surface area contributed by atoms with E-state index < -0.39 is 33.7 Å². The van der Waals surface area contributed by atoms with Gasteiger partial charge in [0.2, 0.25) is 0 Å². The molecule has 0 bridgehead atoms. The zero-order chi connectivity index (χ0) is 17.4. The van der Waals surface area contributed by atoms with E-state index in [1.54, 1.807) is 6.92 Å². The van der Waals surface area contributed by atoms with Crippen molar-refractivity contribution in [3.05, 3.63) is 17.5 Å². The van der Waals surface area contributed by atoms with E-state index in [2.05, 4.69) is 10.4 Å². The lowest BCUT2D eigenvalue weighted by Gasteiger charge is -2.16. The molecule has 1 fully saturated rings. The molecule has 23 heavy (non-hydrogen) atoms. The minimum absolute atomic E-state index is 0.188. The van der Waals surface area contributed by atoms with E-state index in [9.17, 15) is 26.4 Å². The van der Waals surface area contributed by atoms with Crippen molar-refractivity contribution in [2.45, 2.75) is 44.4 Å². The van der Waals surface area contributed by atoms with Gasteiger partial charge in [-0.3, -0.25) is 9.48 Å². The summed E-state index contributed by atoms with van der Waals surface area (Å²) in [5.74, 6) is -1.01. The van der Waals surface area contributed by atoms with Gasteiger partial charge in [-0.1, -0.05) is 6.92 Å². The number of nitrogens with zero attached hydrogens (tertiary/aromatic N) is 2. The van der Waals surface area contributed by atoms with Crippen LogP contribution in [-0.4, -0.2) is 42.2 Å². The maximum Gasteiger partial charge on any atom is 0.435 e. The summed E-state index contributed by atoms with van der Waals surface area (Å²) in [7, 11) is -3.31. The number of carbonyl (C=O) groups excluding carboxylic acids is 1. The van der Waals surface area contributed by atoms with Gasteiger partial charge in [0, 0.05) is 18.4 Å². The summed E-state index contributed by atoms with van der Waals surface area (Å²) >= 11 is 0. The van der Waals surface area contributed by atoms with Gasteiger partial charge in [0.15, 0.2) is 5.69 Å². The van der Waals surface area contributed by atoms with Crippen molar-refractivity contribution in [3.8, 4) is 0 Å². The van der Waals surface area contributed by atoms with E-state index in [0.717, 1.165) is 10.9 Å². The van der Waals surface area contributed by atoms with Crippen molar-refractivity contribution in [3.63, 3.8) is 0 Å². The number of alkyl halides is 3. The van der Waals surface area contributed by atoms with Crippen molar-refractivity contribution in [2.75, 3.05) is 12.0 Å². The molecule has 1 aromatic rings. The molecule has 1 amide bonds. The molecule has 1 unspecified atom stereocenters. The number of halogens is 3. The zero-order valence-electron chi connectivity index (χ0n) is 12.7. The number of rotatable bonds is 6. The van der Waals surface area contributed by atoms with Crippen LogP contribution in [0.4, 0.5) is 13.2 Å². The molecular weight excluding hydrogens is 335 g/mol. The molecule has 1 N–H and O–H groups in total. The predicted octanol–water partition coefficient (Wildman–Crippen LogP) is 1.79. The van der Waals surface area contributed by atoms with E-state index in [4.69, 9.17) is 0 Å². The second-order valence-electron chi connectivity index (χ2n) is 5.76. The number of nitrogens with one attached hydrogen (secondary N) is 1. The quantitative estimate of drug-likeness (QED) is 0.845. The molecule has 1 heterocycles. The summed E-state index contributed by atoms with van der Waals surface area (Å²) in [6.07, 6.45) is -1.91. The molecule has 0 aliphatic heterocycles. The zero-order valence-corrected chi connectivity index (χ0v) is 13.5. The maximum atomic E-state index is 12.8. The van der Waals surface area contributed by atoms with Crippen molar-refractivity contribution >= 4 is 15.7 Å². The monoisotopic (exact) mass is 353 g/mol. The van der Waals surface area contributed by atoms with Crippen molar-refractivity contribution in [1.29, 1.82) is 0 Å². The highest BCUT2D eigenvalue weighted by Crippen LogP contribution is 2.37. The average Bonchev–Trinajstić information content (AvgIpc) is 3.13. The number of aromatic nitrogens is 2. The first-order chi connectivity index (χ1) is 10.5. The molecule has 1 aromatic heterocycles. The highest BCUT2D eigenvalue weighted by atomic mass is 32.2. The van der Waals surface area contributed by atoms with Crippen LogP contribution in [0.15, 0.2) is 6.07 Å². The Bertz CT molecular complexity index is 693. The van der Waals surface area contributed by atoms with Gasteiger partial charge in [-0.05, 0) is 19.3 Å². The predicted molar refractivity (Wildman–Crippen MR) is 76.8 cm³/mol. The van der Waals surface area contributed by atoms with Gasteiger partial charge in [0.1, 0.15) is 15.5 Å². The second-order valence-corrected chi connectivity index (χ2v) is 7.94. The van der Waals surface area contributed by atoms with Gasteiger partial charge in [-0.25, -0.2) is 8.42 Å². The summed E-state index contributed by atoms with van der Waals surface area (Å²) in [6.45, 7) is 1.69. The van der Waals surface area contributed by atoms with Crippen LogP contribution in [0.3, 0.4) is 0 Å². The summed E-state index contributed by atoms with van der Waals surface area (Å²) in [5.41, 5.74) is -1.31. The third-order valence-corrected chi connectivity index (χ3v) is 4.49. The Labute approximate surface area is 132 Å². The third-order valence-electron chi connectivity index (χ3n) is 3.48. The maximum absolute atomic E-state index is 12.8. The number of amides is 1. The SMILES string of the molecule is CCC(CS(C)(=O)=O)NC(=O)c1cc(C(F)(F)F)nn1C1CC1. The largest absolute Gasteiger partial charge is 0.435 e. The molecule has 1 aliphatic carbocycles. The van der Waals surface area contributed by atoms with Gasteiger partial charge in [-0.15, -0.1) is 0 Å². The minimum atomic E-state index is -4.63. The lowest BCUT2D eigenvalue weighted by Crippen LogP contribution is -2.40. The van der Waals surface area contributed by atoms with Gasteiger partial charge in [0.25, 0.3) is 5.91 Å². The first kappa shape index (κ1) is 17.8. The summed E-state index contributed by atoms with van der Waals surface area (Å²) in [4.78, 5) is 12.3. The smallest absolute Gasteiger partial charge is 0.347 e. The Hall–Kier alpha value is -1.58. The van der Waals surface area contributed by atoms with Gasteiger partial charge >= 0.3 is 6.18 Å². The Kier molecular flexibility index (Phi) is 4.74. The van der Waals surface area contributed by atoms with Crippen LogP contribution in [0.5, 0.6) is 0 Å². The molecular formula is C13H18F3N3O3S. The summed E-state index contributed by atoms with van der Waals surface area (Å²) < 4.78 is 62.1. The lowest BCUT2D eigenvalue weighted by atomic mass is 10.2. The van der Waals surface area contributed by atoms with Crippen LogP contribution >= 0.6 is 0 Å². The van der Waals surface area contributed by atoms with Crippen LogP contribution in [0, 0.1) is 0 Å². The van der Waals surface area contributed by atoms with Crippen LogP contribution in [0.25, 0.3) is 0 Å². The summed E-state index contributed by atoms with van der Waals surface area (Å²) in [6, 6.07) is -0.155. The van der Waals surface area contributed by atoms with E-state index in [1.165, 1.54) is 0 Å². The van der Waals surface area contributed by atoms with Gasteiger partial charge < -0.3 is 5.32 Å². The normalized spacial score (nSPS) is 17.1. The molecule has 1 saturated carbocycles. The van der Waals surface area contributed by atoms with Crippen molar-refractivity contribution in [2.24, 2.45) is 0 Å². The Morgan fingerprint density at radius 2 is 2.09 bits per heavy atom. The summed E-state index contributed by atoms with van der Waals surface area (Å²) in [5, 5.41) is 5.97. The first-order valence-corrected chi connectivity index (χ1v) is 9.22. The number of hydrogen-bond acceptors (Lipinski definition) is 4. The van der Waals surface area contributed by atoms with Gasteiger partial charge in [-0.2, -0.15) is 18.3 Å². The first-order valence-electron chi connectivity index (χ1n) is 7.16. The second kappa shape index (κ2) is 6.14. The Morgan fingerprint density at radius 3 is 2.52 bits per heavy atom.